The smallest absolute Gasteiger partial charge is 0.134 e. The van der Waals surface area contributed by atoms with Crippen LogP contribution in [0, 0.1) is 11.6 Å². The molecule has 0 spiro atoms. The molecule has 0 saturated carbocycles. The number of halogens is 2. The fraction of sp³-hybridized carbons (Fsp3) is 0.231. The standard InChI is InChI=1S/C13H14F2N4/c1-2-10-12(16)18-7-19-13(10)17-6-8-3-4-9(14)5-11(8)15/h3-5,7H,2,6H2,1H3,(H3,16,17,18,19). The van der Waals surface area contributed by atoms with E-state index in [2.05, 4.69) is 15.3 Å². The van der Waals surface area contributed by atoms with Crippen LogP contribution in [0.1, 0.15) is 18.1 Å². The maximum Gasteiger partial charge on any atom is 0.134 e. The molecule has 2 aromatic rings. The molecule has 0 amide bonds. The van der Waals surface area contributed by atoms with Crippen LogP contribution in [0.15, 0.2) is 24.5 Å². The summed E-state index contributed by atoms with van der Waals surface area (Å²) in [5.74, 6) is -0.215. The molecule has 0 atom stereocenters. The molecule has 4 nitrogen and oxygen atoms in total. The van der Waals surface area contributed by atoms with Gasteiger partial charge in [-0.15, -0.1) is 0 Å². The SMILES string of the molecule is CCc1c(N)ncnc1NCc1ccc(F)cc1F. The summed E-state index contributed by atoms with van der Waals surface area (Å²) in [6.45, 7) is 2.13. The highest BCUT2D eigenvalue weighted by molar-refractivity contribution is 5.55. The number of hydrogen-bond donors (Lipinski definition) is 2. The molecule has 0 aliphatic rings. The van der Waals surface area contributed by atoms with E-state index in [4.69, 9.17) is 5.73 Å². The molecule has 2 rings (SSSR count). The van der Waals surface area contributed by atoms with Gasteiger partial charge in [0.15, 0.2) is 0 Å². The van der Waals surface area contributed by atoms with Gasteiger partial charge in [-0.3, -0.25) is 0 Å². The van der Waals surface area contributed by atoms with E-state index in [0.29, 0.717) is 23.6 Å². The van der Waals surface area contributed by atoms with Crippen LogP contribution in [0.2, 0.25) is 0 Å². The van der Waals surface area contributed by atoms with Crippen LogP contribution < -0.4 is 11.1 Å². The molecule has 0 saturated heterocycles. The van der Waals surface area contributed by atoms with Gasteiger partial charge in [-0.2, -0.15) is 0 Å². The molecule has 0 aliphatic heterocycles. The van der Waals surface area contributed by atoms with Crippen molar-refractivity contribution in [2.24, 2.45) is 0 Å². The van der Waals surface area contributed by atoms with E-state index in [1.165, 1.54) is 18.5 Å². The van der Waals surface area contributed by atoms with E-state index < -0.39 is 11.6 Å². The van der Waals surface area contributed by atoms with Crippen LogP contribution in [-0.2, 0) is 13.0 Å². The Labute approximate surface area is 109 Å². The zero-order valence-corrected chi connectivity index (χ0v) is 10.5. The maximum atomic E-state index is 13.5. The van der Waals surface area contributed by atoms with Crippen LogP contribution in [0.4, 0.5) is 20.4 Å². The molecule has 100 valence electrons. The predicted octanol–water partition coefficient (Wildman–Crippen LogP) is 2.51. The second kappa shape index (κ2) is 5.60. The third kappa shape index (κ3) is 2.96. The number of hydrogen-bond acceptors (Lipinski definition) is 4. The number of nitrogens with one attached hydrogen (secondary N) is 1. The number of benzene rings is 1. The molecule has 0 fully saturated rings. The topological polar surface area (TPSA) is 63.8 Å². The summed E-state index contributed by atoms with van der Waals surface area (Å²) < 4.78 is 26.3. The average Bonchev–Trinajstić information content (AvgIpc) is 2.38. The van der Waals surface area contributed by atoms with Crippen molar-refractivity contribution >= 4 is 11.6 Å². The predicted molar refractivity (Wildman–Crippen MR) is 69.5 cm³/mol. The highest BCUT2D eigenvalue weighted by Gasteiger charge is 2.08. The van der Waals surface area contributed by atoms with Gasteiger partial charge in [0.05, 0.1) is 0 Å². The molecule has 1 aromatic carbocycles. The van der Waals surface area contributed by atoms with Gasteiger partial charge in [0.1, 0.15) is 29.6 Å². The molecule has 0 radical (unpaired) electrons. The van der Waals surface area contributed by atoms with E-state index in [9.17, 15) is 8.78 Å². The molecule has 0 bridgehead atoms. The molecular weight excluding hydrogens is 250 g/mol. The molecular formula is C13H14F2N4. The van der Waals surface area contributed by atoms with Crippen molar-refractivity contribution in [3.05, 3.63) is 47.3 Å². The van der Waals surface area contributed by atoms with Gasteiger partial charge in [0.2, 0.25) is 0 Å². The molecule has 3 N–H and O–H groups in total. The van der Waals surface area contributed by atoms with Crippen LogP contribution in [-0.4, -0.2) is 9.97 Å². The third-order valence-corrected chi connectivity index (χ3v) is 2.79. The van der Waals surface area contributed by atoms with E-state index in [1.807, 2.05) is 6.92 Å². The minimum absolute atomic E-state index is 0.204. The molecule has 19 heavy (non-hydrogen) atoms. The third-order valence-electron chi connectivity index (χ3n) is 2.79. The van der Waals surface area contributed by atoms with Crippen LogP contribution >= 0.6 is 0 Å². The van der Waals surface area contributed by atoms with Crippen molar-refractivity contribution in [2.45, 2.75) is 19.9 Å². The number of nitrogens with zero attached hydrogens (tertiary/aromatic N) is 2. The number of anilines is 2. The van der Waals surface area contributed by atoms with Gasteiger partial charge < -0.3 is 11.1 Å². The Morgan fingerprint density at radius 2 is 2.05 bits per heavy atom. The lowest BCUT2D eigenvalue weighted by Crippen LogP contribution is -2.08. The van der Waals surface area contributed by atoms with Gasteiger partial charge in [-0.1, -0.05) is 13.0 Å². The van der Waals surface area contributed by atoms with E-state index in [1.54, 1.807) is 0 Å². The average molecular weight is 264 g/mol. The second-order valence-electron chi connectivity index (χ2n) is 4.03. The van der Waals surface area contributed by atoms with Crippen LogP contribution in [0.3, 0.4) is 0 Å². The summed E-state index contributed by atoms with van der Waals surface area (Å²) in [5, 5.41) is 2.99. The Hall–Kier alpha value is -2.24. The molecule has 0 unspecified atom stereocenters. The first-order chi connectivity index (χ1) is 9.11. The molecule has 6 heteroatoms. The maximum absolute atomic E-state index is 13.5. The van der Waals surface area contributed by atoms with E-state index in [-0.39, 0.29) is 6.54 Å². The Kier molecular flexibility index (Phi) is 3.89. The summed E-state index contributed by atoms with van der Waals surface area (Å²) in [6.07, 6.45) is 2.01. The zero-order valence-electron chi connectivity index (χ0n) is 10.5. The first-order valence-electron chi connectivity index (χ1n) is 5.89. The highest BCUT2D eigenvalue weighted by Crippen LogP contribution is 2.19. The van der Waals surface area contributed by atoms with Crippen molar-refractivity contribution in [3.8, 4) is 0 Å². The quantitative estimate of drug-likeness (QED) is 0.890. The lowest BCUT2D eigenvalue weighted by Gasteiger charge is -2.11. The fourth-order valence-electron chi connectivity index (χ4n) is 1.77. The van der Waals surface area contributed by atoms with E-state index >= 15 is 0 Å². The number of rotatable bonds is 4. The summed E-state index contributed by atoms with van der Waals surface area (Å²) in [7, 11) is 0. The Morgan fingerprint density at radius 1 is 1.26 bits per heavy atom. The van der Waals surface area contributed by atoms with Crippen molar-refractivity contribution in [2.75, 3.05) is 11.1 Å². The largest absolute Gasteiger partial charge is 0.383 e. The van der Waals surface area contributed by atoms with Crippen LogP contribution in [0.25, 0.3) is 0 Å². The summed E-state index contributed by atoms with van der Waals surface area (Å²) in [6, 6.07) is 3.47. The minimum Gasteiger partial charge on any atom is -0.383 e. The zero-order chi connectivity index (χ0) is 13.8. The number of nitrogen functional groups attached to an aromatic ring is 1. The first kappa shape index (κ1) is 13.2. The van der Waals surface area contributed by atoms with Crippen LogP contribution in [0.5, 0.6) is 0 Å². The minimum atomic E-state index is -0.596. The molecule has 0 aliphatic carbocycles. The van der Waals surface area contributed by atoms with Crippen molar-refractivity contribution in [3.63, 3.8) is 0 Å². The van der Waals surface area contributed by atoms with Gasteiger partial charge in [0.25, 0.3) is 0 Å². The summed E-state index contributed by atoms with van der Waals surface area (Å²) in [4.78, 5) is 7.97. The summed E-state index contributed by atoms with van der Waals surface area (Å²) in [5.41, 5.74) is 6.88. The summed E-state index contributed by atoms with van der Waals surface area (Å²) >= 11 is 0. The number of nitrogens with two attached hydrogens (primary N) is 1. The van der Waals surface area contributed by atoms with Crippen molar-refractivity contribution in [1.29, 1.82) is 0 Å². The fourth-order valence-corrected chi connectivity index (χ4v) is 1.77. The Bertz CT molecular complexity index is 587. The van der Waals surface area contributed by atoms with Gasteiger partial charge >= 0.3 is 0 Å². The van der Waals surface area contributed by atoms with Crippen molar-refractivity contribution < 1.29 is 8.78 Å². The van der Waals surface area contributed by atoms with Gasteiger partial charge in [0, 0.05) is 23.7 Å². The first-order valence-corrected chi connectivity index (χ1v) is 5.89. The lowest BCUT2D eigenvalue weighted by molar-refractivity contribution is 0.574. The van der Waals surface area contributed by atoms with Gasteiger partial charge in [-0.25, -0.2) is 18.7 Å². The van der Waals surface area contributed by atoms with E-state index in [0.717, 1.165) is 11.6 Å². The lowest BCUT2D eigenvalue weighted by atomic mass is 10.2. The Morgan fingerprint density at radius 3 is 2.74 bits per heavy atom. The van der Waals surface area contributed by atoms with Gasteiger partial charge in [-0.05, 0) is 12.5 Å². The second-order valence-corrected chi connectivity index (χ2v) is 4.03. The van der Waals surface area contributed by atoms with Crippen molar-refractivity contribution in [1.82, 2.24) is 9.97 Å². The Balaban J connectivity index is 2.17. The molecule has 1 heterocycles. The highest BCUT2D eigenvalue weighted by atomic mass is 19.1. The monoisotopic (exact) mass is 264 g/mol. The normalized spacial score (nSPS) is 10.5. The molecule has 1 aromatic heterocycles. The number of aromatic nitrogens is 2.